The first-order chi connectivity index (χ1) is 6.33. The highest BCUT2D eigenvalue weighted by Gasteiger charge is 2.10. The molecule has 0 aromatic carbocycles. The van der Waals surface area contributed by atoms with Crippen molar-refractivity contribution in [1.82, 2.24) is 4.90 Å². The lowest BCUT2D eigenvalue weighted by molar-refractivity contribution is -0.147. The number of aliphatic hydroxyl groups is 1. The highest BCUT2D eigenvalue weighted by molar-refractivity contribution is 5.70. The second-order valence-electron chi connectivity index (χ2n) is 2.83. The molecule has 1 fully saturated rings. The van der Waals surface area contributed by atoms with E-state index in [0.717, 1.165) is 32.8 Å². The van der Waals surface area contributed by atoms with E-state index in [1.54, 1.807) is 0 Å². The zero-order valence-corrected chi connectivity index (χ0v) is 7.57. The van der Waals surface area contributed by atoms with Gasteiger partial charge in [-0.1, -0.05) is 0 Å². The SMILES string of the molecule is O=C(CO)OCCN1CCOCC1. The number of morpholine rings is 1. The van der Waals surface area contributed by atoms with Crippen molar-refractivity contribution >= 4 is 5.97 Å². The van der Waals surface area contributed by atoms with E-state index in [4.69, 9.17) is 14.6 Å². The molecule has 5 heteroatoms. The molecule has 1 N–H and O–H groups in total. The third-order valence-electron chi connectivity index (χ3n) is 1.90. The molecule has 0 aliphatic carbocycles. The Labute approximate surface area is 77.2 Å². The van der Waals surface area contributed by atoms with Crippen molar-refractivity contribution in [3.63, 3.8) is 0 Å². The van der Waals surface area contributed by atoms with Crippen LogP contribution in [0.1, 0.15) is 0 Å². The van der Waals surface area contributed by atoms with Crippen LogP contribution in [0, 0.1) is 0 Å². The number of rotatable bonds is 4. The van der Waals surface area contributed by atoms with Gasteiger partial charge < -0.3 is 14.6 Å². The van der Waals surface area contributed by atoms with Gasteiger partial charge in [0.25, 0.3) is 0 Å². The summed E-state index contributed by atoms with van der Waals surface area (Å²) in [5, 5.41) is 8.36. The lowest BCUT2D eigenvalue weighted by atomic mass is 10.4. The summed E-state index contributed by atoms with van der Waals surface area (Å²) in [6.45, 7) is 3.78. The van der Waals surface area contributed by atoms with E-state index in [0.29, 0.717) is 6.61 Å². The number of esters is 1. The molecule has 1 aliphatic heterocycles. The molecule has 5 nitrogen and oxygen atoms in total. The Bertz CT molecular complexity index is 156. The standard InChI is InChI=1S/C8H15NO4/c10-7-8(11)13-6-3-9-1-4-12-5-2-9/h10H,1-7H2. The monoisotopic (exact) mass is 189 g/mol. The molecule has 0 atom stereocenters. The summed E-state index contributed by atoms with van der Waals surface area (Å²) in [6.07, 6.45) is 0. The summed E-state index contributed by atoms with van der Waals surface area (Å²) < 4.78 is 9.88. The lowest BCUT2D eigenvalue weighted by Crippen LogP contribution is -2.38. The van der Waals surface area contributed by atoms with E-state index >= 15 is 0 Å². The van der Waals surface area contributed by atoms with Crippen molar-refractivity contribution in [2.75, 3.05) is 46.1 Å². The number of ether oxygens (including phenoxy) is 2. The third kappa shape index (κ3) is 4.21. The topological polar surface area (TPSA) is 59.0 Å². The Hall–Kier alpha value is -0.650. The molecule has 0 unspecified atom stereocenters. The highest BCUT2D eigenvalue weighted by atomic mass is 16.5. The van der Waals surface area contributed by atoms with Gasteiger partial charge in [-0.2, -0.15) is 0 Å². The van der Waals surface area contributed by atoms with Crippen LogP contribution in [0.25, 0.3) is 0 Å². The number of carbonyl (C=O) groups is 1. The van der Waals surface area contributed by atoms with Gasteiger partial charge in [0.05, 0.1) is 13.2 Å². The van der Waals surface area contributed by atoms with Crippen LogP contribution in [-0.4, -0.2) is 62.0 Å². The maximum absolute atomic E-state index is 10.5. The Balaban J connectivity index is 2.01. The van der Waals surface area contributed by atoms with E-state index in [9.17, 15) is 4.79 Å². The molecule has 0 saturated carbocycles. The number of carbonyl (C=O) groups excluding carboxylic acids is 1. The van der Waals surface area contributed by atoms with Gasteiger partial charge in [0.1, 0.15) is 13.2 Å². The number of hydrogen-bond donors (Lipinski definition) is 1. The first kappa shape index (κ1) is 10.4. The zero-order chi connectivity index (χ0) is 9.52. The number of aliphatic hydroxyl groups excluding tert-OH is 1. The van der Waals surface area contributed by atoms with Crippen LogP contribution in [0.2, 0.25) is 0 Å². The fourth-order valence-corrected chi connectivity index (χ4v) is 1.16. The second-order valence-corrected chi connectivity index (χ2v) is 2.83. The fraction of sp³-hybridized carbons (Fsp3) is 0.875. The Kier molecular flexibility index (Phi) is 4.74. The molecular weight excluding hydrogens is 174 g/mol. The molecule has 1 saturated heterocycles. The maximum Gasteiger partial charge on any atom is 0.331 e. The van der Waals surface area contributed by atoms with Gasteiger partial charge in [-0.3, -0.25) is 4.90 Å². The van der Waals surface area contributed by atoms with Crippen LogP contribution in [0.3, 0.4) is 0 Å². The molecule has 76 valence electrons. The van der Waals surface area contributed by atoms with Crippen LogP contribution in [-0.2, 0) is 14.3 Å². The predicted molar refractivity (Wildman–Crippen MR) is 45.3 cm³/mol. The maximum atomic E-state index is 10.5. The van der Waals surface area contributed by atoms with Crippen molar-refractivity contribution in [3.8, 4) is 0 Å². The summed E-state index contributed by atoms with van der Waals surface area (Å²) in [5.41, 5.74) is 0. The molecule has 1 rings (SSSR count). The number of nitrogens with zero attached hydrogens (tertiary/aromatic N) is 1. The van der Waals surface area contributed by atoms with Crippen molar-refractivity contribution in [3.05, 3.63) is 0 Å². The van der Waals surface area contributed by atoms with Gasteiger partial charge in [0, 0.05) is 19.6 Å². The fourth-order valence-electron chi connectivity index (χ4n) is 1.16. The average molecular weight is 189 g/mol. The highest BCUT2D eigenvalue weighted by Crippen LogP contribution is 1.95. The van der Waals surface area contributed by atoms with Crippen molar-refractivity contribution < 1.29 is 19.4 Å². The minimum Gasteiger partial charge on any atom is -0.463 e. The minimum absolute atomic E-state index is 0.347. The van der Waals surface area contributed by atoms with Crippen LogP contribution in [0.5, 0.6) is 0 Å². The van der Waals surface area contributed by atoms with Gasteiger partial charge >= 0.3 is 5.97 Å². The summed E-state index contributed by atoms with van der Waals surface area (Å²) in [6, 6.07) is 0. The van der Waals surface area contributed by atoms with E-state index in [-0.39, 0.29) is 0 Å². The van der Waals surface area contributed by atoms with E-state index < -0.39 is 12.6 Å². The molecule has 1 aliphatic rings. The summed E-state index contributed by atoms with van der Waals surface area (Å²) in [5.74, 6) is -0.562. The minimum atomic E-state index is -0.562. The van der Waals surface area contributed by atoms with Crippen molar-refractivity contribution in [2.45, 2.75) is 0 Å². The van der Waals surface area contributed by atoms with Crippen LogP contribution < -0.4 is 0 Å². The van der Waals surface area contributed by atoms with Gasteiger partial charge in [0.15, 0.2) is 0 Å². The average Bonchev–Trinajstić information content (AvgIpc) is 2.19. The van der Waals surface area contributed by atoms with Gasteiger partial charge in [-0.05, 0) is 0 Å². The van der Waals surface area contributed by atoms with E-state index in [1.165, 1.54) is 0 Å². The van der Waals surface area contributed by atoms with Gasteiger partial charge in [0.2, 0.25) is 0 Å². The molecule has 0 bridgehead atoms. The predicted octanol–water partition coefficient (Wildman–Crippen LogP) is -1.15. The zero-order valence-electron chi connectivity index (χ0n) is 7.57. The molecule has 0 amide bonds. The summed E-state index contributed by atoms with van der Waals surface area (Å²) in [4.78, 5) is 12.7. The smallest absolute Gasteiger partial charge is 0.331 e. The first-order valence-corrected chi connectivity index (χ1v) is 4.39. The number of hydrogen-bond acceptors (Lipinski definition) is 5. The van der Waals surface area contributed by atoms with E-state index in [2.05, 4.69) is 4.90 Å². The Morgan fingerprint density at radius 2 is 2.15 bits per heavy atom. The molecule has 1 heterocycles. The third-order valence-corrected chi connectivity index (χ3v) is 1.90. The van der Waals surface area contributed by atoms with Gasteiger partial charge in [-0.15, -0.1) is 0 Å². The van der Waals surface area contributed by atoms with E-state index in [1.807, 2.05) is 0 Å². The molecular formula is C8H15NO4. The molecule has 0 aromatic heterocycles. The Morgan fingerprint density at radius 3 is 2.77 bits per heavy atom. The van der Waals surface area contributed by atoms with Crippen LogP contribution in [0.4, 0.5) is 0 Å². The van der Waals surface area contributed by atoms with Crippen LogP contribution in [0.15, 0.2) is 0 Å². The molecule has 0 aromatic rings. The normalized spacial score (nSPS) is 18.5. The summed E-state index contributed by atoms with van der Waals surface area (Å²) in [7, 11) is 0. The molecule has 0 spiro atoms. The molecule has 13 heavy (non-hydrogen) atoms. The quantitative estimate of drug-likeness (QED) is 0.566. The second kappa shape index (κ2) is 5.90. The van der Waals surface area contributed by atoms with Crippen molar-refractivity contribution in [2.24, 2.45) is 0 Å². The van der Waals surface area contributed by atoms with Gasteiger partial charge in [-0.25, -0.2) is 4.79 Å². The summed E-state index contributed by atoms with van der Waals surface area (Å²) >= 11 is 0. The first-order valence-electron chi connectivity index (χ1n) is 4.39. The van der Waals surface area contributed by atoms with Crippen LogP contribution >= 0.6 is 0 Å². The largest absolute Gasteiger partial charge is 0.463 e. The molecule has 0 radical (unpaired) electrons. The van der Waals surface area contributed by atoms with Crippen molar-refractivity contribution in [1.29, 1.82) is 0 Å². The lowest BCUT2D eigenvalue weighted by Gasteiger charge is -2.26. The Morgan fingerprint density at radius 1 is 1.46 bits per heavy atom.